The third-order valence-electron chi connectivity index (χ3n) is 2.32. The largest absolute Gasteiger partial charge is 0.381 e. The van der Waals surface area contributed by atoms with E-state index < -0.39 is 0 Å². The summed E-state index contributed by atoms with van der Waals surface area (Å²) in [7, 11) is 0. The number of halogens is 2. The molecule has 0 radical (unpaired) electrons. The molecule has 3 heteroatoms. The molecule has 0 aliphatic carbocycles. The van der Waals surface area contributed by atoms with Gasteiger partial charge in [-0.15, -0.1) is 0 Å². The van der Waals surface area contributed by atoms with Crippen molar-refractivity contribution < 1.29 is 0 Å². The Kier molecular flexibility index (Phi) is 5.48. The fraction of sp³-hybridized carbons (Fsp3) is 0.500. The molecule has 0 fully saturated rings. The van der Waals surface area contributed by atoms with Gasteiger partial charge in [0.2, 0.25) is 0 Å². The van der Waals surface area contributed by atoms with Crippen LogP contribution in [0.3, 0.4) is 0 Å². The van der Waals surface area contributed by atoms with Crippen LogP contribution in [-0.2, 0) is 0 Å². The van der Waals surface area contributed by atoms with E-state index in [0.29, 0.717) is 6.04 Å². The summed E-state index contributed by atoms with van der Waals surface area (Å²) in [4.78, 5) is 0. The summed E-state index contributed by atoms with van der Waals surface area (Å²) in [5, 5.41) is 4.19. The Hall–Kier alpha value is -0.210. The van der Waals surface area contributed by atoms with Crippen molar-refractivity contribution in [1.82, 2.24) is 0 Å². The number of nitrogens with one attached hydrogen (secondary N) is 1. The van der Waals surface area contributed by atoms with Gasteiger partial charge in [0.25, 0.3) is 0 Å². The molecule has 0 spiro atoms. The average Bonchev–Trinajstić information content (AvgIpc) is 2.19. The average molecular weight is 291 g/mol. The minimum absolute atomic E-state index is 0.476. The molecule has 0 aliphatic heterocycles. The van der Waals surface area contributed by atoms with E-state index in [1.54, 1.807) is 0 Å². The van der Waals surface area contributed by atoms with Crippen LogP contribution in [0.2, 0.25) is 5.02 Å². The van der Waals surface area contributed by atoms with Crippen molar-refractivity contribution >= 4 is 33.2 Å². The van der Waals surface area contributed by atoms with E-state index in [9.17, 15) is 0 Å². The van der Waals surface area contributed by atoms with Crippen LogP contribution in [0.25, 0.3) is 0 Å². The lowest BCUT2D eigenvalue weighted by atomic mass is 10.1. The maximum Gasteiger partial charge on any atom is 0.0648 e. The third-order valence-corrected chi connectivity index (χ3v) is 3.13. The highest BCUT2D eigenvalue weighted by Crippen LogP contribution is 2.26. The first-order chi connectivity index (χ1) is 7.13. The summed E-state index contributed by atoms with van der Waals surface area (Å²) in [6, 6.07) is 6.40. The van der Waals surface area contributed by atoms with Gasteiger partial charge < -0.3 is 5.32 Å². The molecule has 0 bridgehead atoms. The van der Waals surface area contributed by atoms with E-state index >= 15 is 0 Å². The normalized spacial score (nSPS) is 12.5. The molecule has 1 aromatic rings. The van der Waals surface area contributed by atoms with Crippen LogP contribution < -0.4 is 5.32 Å². The topological polar surface area (TPSA) is 12.0 Å². The molecule has 1 N–H and O–H groups in total. The summed E-state index contributed by atoms with van der Waals surface area (Å²) >= 11 is 9.51. The van der Waals surface area contributed by atoms with E-state index in [-0.39, 0.29) is 0 Å². The predicted octanol–water partition coefficient (Wildman–Crippen LogP) is 5.09. The van der Waals surface area contributed by atoms with Gasteiger partial charge in [-0.25, -0.2) is 0 Å². The van der Waals surface area contributed by atoms with Gasteiger partial charge in [0.15, 0.2) is 0 Å². The van der Waals surface area contributed by atoms with Crippen molar-refractivity contribution in [3.63, 3.8) is 0 Å². The number of hydrogen-bond acceptors (Lipinski definition) is 1. The Morgan fingerprint density at radius 3 is 2.80 bits per heavy atom. The number of rotatable bonds is 5. The van der Waals surface area contributed by atoms with Gasteiger partial charge in [0, 0.05) is 10.5 Å². The van der Waals surface area contributed by atoms with Crippen molar-refractivity contribution in [3.05, 3.63) is 27.7 Å². The molecule has 1 nitrogen and oxygen atoms in total. The zero-order valence-electron chi connectivity index (χ0n) is 9.19. The van der Waals surface area contributed by atoms with E-state index in [2.05, 4.69) is 35.1 Å². The third kappa shape index (κ3) is 4.43. The second-order valence-corrected chi connectivity index (χ2v) is 5.13. The van der Waals surface area contributed by atoms with Crippen LogP contribution in [0.4, 0.5) is 5.69 Å². The Morgan fingerprint density at radius 2 is 2.20 bits per heavy atom. The van der Waals surface area contributed by atoms with Crippen molar-refractivity contribution in [2.75, 3.05) is 5.32 Å². The summed E-state index contributed by atoms with van der Waals surface area (Å²) in [6.45, 7) is 4.40. The second-order valence-electron chi connectivity index (χ2n) is 3.81. The van der Waals surface area contributed by atoms with E-state index in [1.165, 1.54) is 19.3 Å². The lowest BCUT2D eigenvalue weighted by molar-refractivity contribution is 0.645. The first kappa shape index (κ1) is 12.9. The van der Waals surface area contributed by atoms with Gasteiger partial charge in [0.05, 0.1) is 10.7 Å². The zero-order chi connectivity index (χ0) is 11.3. The van der Waals surface area contributed by atoms with Gasteiger partial charge in [-0.3, -0.25) is 0 Å². The Balaban J connectivity index is 2.56. The van der Waals surface area contributed by atoms with Crippen LogP contribution in [0.15, 0.2) is 22.7 Å². The van der Waals surface area contributed by atoms with Gasteiger partial charge in [-0.05, 0) is 31.5 Å². The lowest BCUT2D eigenvalue weighted by Gasteiger charge is -2.16. The van der Waals surface area contributed by atoms with Gasteiger partial charge in [-0.1, -0.05) is 47.3 Å². The maximum atomic E-state index is 6.12. The fourth-order valence-electron chi connectivity index (χ4n) is 1.45. The van der Waals surface area contributed by atoms with E-state index in [4.69, 9.17) is 11.6 Å². The van der Waals surface area contributed by atoms with Gasteiger partial charge in [0.1, 0.15) is 0 Å². The molecule has 0 amide bonds. The quantitative estimate of drug-likeness (QED) is 0.796. The highest BCUT2D eigenvalue weighted by molar-refractivity contribution is 9.10. The van der Waals surface area contributed by atoms with Crippen molar-refractivity contribution in [3.8, 4) is 0 Å². The van der Waals surface area contributed by atoms with E-state index in [0.717, 1.165) is 15.2 Å². The Labute approximate surface area is 105 Å². The number of anilines is 1. The molecule has 1 rings (SSSR count). The van der Waals surface area contributed by atoms with Gasteiger partial charge >= 0.3 is 0 Å². The maximum absolute atomic E-state index is 6.12. The molecular formula is C12H17BrClN. The van der Waals surface area contributed by atoms with Crippen LogP contribution >= 0.6 is 27.5 Å². The zero-order valence-corrected chi connectivity index (χ0v) is 11.5. The fourth-order valence-corrected chi connectivity index (χ4v) is 2.18. The van der Waals surface area contributed by atoms with Crippen LogP contribution in [-0.4, -0.2) is 6.04 Å². The Morgan fingerprint density at radius 1 is 1.47 bits per heavy atom. The summed E-state index contributed by atoms with van der Waals surface area (Å²) in [5.41, 5.74) is 1.02. The monoisotopic (exact) mass is 289 g/mol. The molecule has 15 heavy (non-hydrogen) atoms. The Bertz CT molecular complexity index is 314. The highest BCUT2D eigenvalue weighted by Gasteiger charge is 2.04. The molecule has 0 aliphatic rings. The summed E-state index contributed by atoms with van der Waals surface area (Å²) in [6.07, 6.45) is 3.67. The number of benzene rings is 1. The summed E-state index contributed by atoms with van der Waals surface area (Å²) < 4.78 is 1.01. The SMILES string of the molecule is CCCCC(C)Nc1ccc(Br)cc1Cl. The van der Waals surface area contributed by atoms with Gasteiger partial charge in [-0.2, -0.15) is 0 Å². The molecule has 0 aromatic heterocycles. The standard InChI is InChI=1S/C12H17BrClN/c1-3-4-5-9(2)15-12-7-6-10(13)8-11(12)14/h6-9,15H,3-5H2,1-2H3. The summed E-state index contributed by atoms with van der Waals surface area (Å²) in [5.74, 6) is 0. The van der Waals surface area contributed by atoms with Crippen molar-refractivity contribution in [1.29, 1.82) is 0 Å². The first-order valence-corrected chi connectivity index (χ1v) is 6.52. The first-order valence-electron chi connectivity index (χ1n) is 5.35. The van der Waals surface area contributed by atoms with Crippen LogP contribution in [0, 0.1) is 0 Å². The number of unbranched alkanes of at least 4 members (excludes halogenated alkanes) is 1. The molecule has 1 aromatic carbocycles. The van der Waals surface area contributed by atoms with Crippen LogP contribution in [0.1, 0.15) is 33.1 Å². The predicted molar refractivity (Wildman–Crippen MR) is 71.8 cm³/mol. The van der Waals surface area contributed by atoms with Crippen molar-refractivity contribution in [2.45, 2.75) is 39.2 Å². The molecule has 0 saturated carbocycles. The second kappa shape index (κ2) is 6.39. The molecule has 1 unspecified atom stereocenters. The number of hydrogen-bond donors (Lipinski definition) is 1. The molecular weight excluding hydrogens is 273 g/mol. The van der Waals surface area contributed by atoms with E-state index in [1.807, 2.05) is 18.2 Å². The minimum atomic E-state index is 0.476. The lowest BCUT2D eigenvalue weighted by Crippen LogP contribution is -2.14. The minimum Gasteiger partial charge on any atom is -0.381 e. The highest BCUT2D eigenvalue weighted by atomic mass is 79.9. The smallest absolute Gasteiger partial charge is 0.0648 e. The molecule has 1 atom stereocenters. The molecule has 84 valence electrons. The molecule has 0 heterocycles. The van der Waals surface area contributed by atoms with Crippen molar-refractivity contribution in [2.24, 2.45) is 0 Å². The molecule has 0 saturated heterocycles. The van der Waals surface area contributed by atoms with Crippen LogP contribution in [0.5, 0.6) is 0 Å².